The second kappa shape index (κ2) is 11.6. The number of carbonyl (C=O) groups is 1. The van der Waals surface area contributed by atoms with E-state index in [1.165, 1.54) is 0 Å². The Hall–Kier alpha value is -3.01. The maximum absolute atomic E-state index is 13.4. The van der Waals surface area contributed by atoms with Crippen molar-refractivity contribution in [3.05, 3.63) is 83.7 Å². The summed E-state index contributed by atoms with van der Waals surface area (Å²) < 4.78 is 39.3. The molecule has 8 nitrogen and oxygen atoms in total. The van der Waals surface area contributed by atoms with Gasteiger partial charge in [0.05, 0.1) is 36.9 Å². The maximum atomic E-state index is 13.4. The van der Waals surface area contributed by atoms with Crippen LogP contribution in [0.5, 0.6) is 0 Å². The van der Waals surface area contributed by atoms with Gasteiger partial charge >= 0.3 is 0 Å². The van der Waals surface area contributed by atoms with Gasteiger partial charge in [-0.1, -0.05) is 48.5 Å². The first-order chi connectivity index (χ1) is 17.0. The fraction of sp³-hybridized carbons (Fsp3) is 0.385. The number of ether oxygens (including phenoxy) is 2. The van der Waals surface area contributed by atoms with E-state index in [0.29, 0.717) is 43.1 Å². The highest BCUT2D eigenvalue weighted by Crippen LogP contribution is 2.21. The number of rotatable bonds is 11. The van der Waals surface area contributed by atoms with E-state index in [-0.39, 0.29) is 29.5 Å². The molecule has 1 atom stereocenters. The van der Waals surface area contributed by atoms with Crippen LogP contribution in [0.2, 0.25) is 0 Å². The van der Waals surface area contributed by atoms with E-state index < -0.39 is 9.84 Å². The zero-order valence-corrected chi connectivity index (χ0v) is 20.7. The van der Waals surface area contributed by atoms with Crippen LogP contribution in [0.1, 0.15) is 34.5 Å². The average molecular weight is 498 g/mol. The number of imidazole rings is 1. The molecule has 1 aliphatic heterocycles. The van der Waals surface area contributed by atoms with Crippen molar-refractivity contribution >= 4 is 15.7 Å². The van der Waals surface area contributed by atoms with Gasteiger partial charge in [0.15, 0.2) is 0 Å². The molecule has 1 fully saturated rings. The molecule has 35 heavy (non-hydrogen) atoms. The van der Waals surface area contributed by atoms with Gasteiger partial charge in [-0.3, -0.25) is 4.79 Å². The summed E-state index contributed by atoms with van der Waals surface area (Å²) >= 11 is 0. The lowest BCUT2D eigenvalue weighted by atomic mass is 10.1. The van der Waals surface area contributed by atoms with Gasteiger partial charge in [0.1, 0.15) is 0 Å². The van der Waals surface area contributed by atoms with Crippen molar-refractivity contribution in [3.63, 3.8) is 0 Å². The molecule has 2 aromatic carbocycles. The number of hydrogen-bond donors (Lipinski definition) is 0. The number of amides is 1. The van der Waals surface area contributed by atoms with Crippen molar-refractivity contribution in [2.24, 2.45) is 0 Å². The van der Waals surface area contributed by atoms with E-state index in [9.17, 15) is 13.2 Å². The smallest absolute Gasteiger partial charge is 0.254 e. The van der Waals surface area contributed by atoms with Crippen molar-refractivity contribution in [2.45, 2.75) is 42.9 Å². The van der Waals surface area contributed by atoms with E-state index in [4.69, 9.17) is 9.47 Å². The third-order valence-electron chi connectivity index (χ3n) is 6.01. The zero-order valence-electron chi connectivity index (χ0n) is 19.9. The number of hydrogen-bond acceptors (Lipinski definition) is 6. The van der Waals surface area contributed by atoms with Gasteiger partial charge in [-0.15, -0.1) is 0 Å². The molecule has 1 aromatic heterocycles. The van der Waals surface area contributed by atoms with E-state index in [2.05, 4.69) is 4.98 Å². The molecule has 186 valence electrons. The molecule has 1 aliphatic rings. The predicted molar refractivity (Wildman–Crippen MR) is 132 cm³/mol. The number of carbonyl (C=O) groups excluding carboxylic acids is 1. The Morgan fingerprint density at radius 1 is 1.14 bits per heavy atom. The average Bonchev–Trinajstić information content (AvgIpc) is 3.53. The summed E-state index contributed by atoms with van der Waals surface area (Å²) in [6.45, 7) is 1.95. The zero-order chi connectivity index (χ0) is 24.7. The Labute approximate surface area is 206 Å². The minimum absolute atomic E-state index is 0.0161. The normalized spacial score (nSPS) is 15.9. The molecule has 0 unspecified atom stereocenters. The molecule has 0 aliphatic carbocycles. The first kappa shape index (κ1) is 25.1. The van der Waals surface area contributed by atoms with E-state index >= 15 is 0 Å². The second-order valence-electron chi connectivity index (χ2n) is 8.61. The van der Waals surface area contributed by atoms with Crippen molar-refractivity contribution in [3.8, 4) is 0 Å². The monoisotopic (exact) mass is 497 g/mol. The standard InChI is InChI=1S/C26H31N3O5S/c1-33-16-14-29-23(17-27-26(29)35(31,32)20-21-9-4-2-5-10-21)18-28(19-24-13-8-15-34-24)25(30)22-11-6-3-7-12-22/h2-7,9-12,17,24H,8,13-16,18-20H2,1H3/t24-/m0/s1. The molecule has 0 saturated carbocycles. The Morgan fingerprint density at radius 2 is 1.86 bits per heavy atom. The minimum Gasteiger partial charge on any atom is -0.383 e. The molecule has 0 spiro atoms. The first-order valence-electron chi connectivity index (χ1n) is 11.7. The third-order valence-corrected chi connectivity index (χ3v) is 7.60. The SMILES string of the molecule is COCCn1c(CN(C[C@@H]2CCCO2)C(=O)c2ccccc2)cnc1S(=O)(=O)Cc1ccccc1. The molecular weight excluding hydrogens is 466 g/mol. The summed E-state index contributed by atoms with van der Waals surface area (Å²) in [4.78, 5) is 19.4. The fourth-order valence-corrected chi connectivity index (χ4v) is 5.78. The molecule has 9 heteroatoms. The first-order valence-corrected chi connectivity index (χ1v) is 13.4. The van der Waals surface area contributed by atoms with E-state index in [1.54, 1.807) is 47.0 Å². The van der Waals surface area contributed by atoms with Gasteiger partial charge in [-0.25, -0.2) is 13.4 Å². The van der Waals surface area contributed by atoms with Crippen LogP contribution in [0.25, 0.3) is 0 Å². The molecule has 0 bridgehead atoms. The second-order valence-corrected chi connectivity index (χ2v) is 10.5. The molecule has 0 radical (unpaired) electrons. The summed E-state index contributed by atoms with van der Waals surface area (Å²) in [6.07, 6.45) is 3.36. The molecule has 3 aromatic rings. The predicted octanol–water partition coefficient (Wildman–Crippen LogP) is 3.32. The van der Waals surface area contributed by atoms with Crippen LogP contribution in [-0.4, -0.2) is 61.7 Å². The Bertz CT molecular complexity index is 1210. The summed E-state index contributed by atoms with van der Waals surface area (Å²) in [5, 5.41) is -0.0161. The van der Waals surface area contributed by atoms with Gasteiger partial charge in [0.2, 0.25) is 15.0 Å². The number of sulfone groups is 1. The van der Waals surface area contributed by atoms with Crippen molar-refractivity contribution in [1.82, 2.24) is 14.5 Å². The quantitative estimate of drug-likeness (QED) is 0.404. The fourth-order valence-electron chi connectivity index (χ4n) is 4.26. The minimum atomic E-state index is -3.72. The number of methoxy groups -OCH3 is 1. The summed E-state index contributed by atoms with van der Waals surface area (Å²) in [5.41, 5.74) is 1.90. The third kappa shape index (κ3) is 6.36. The lowest BCUT2D eigenvalue weighted by Crippen LogP contribution is -2.37. The van der Waals surface area contributed by atoms with Crippen molar-refractivity contribution < 1.29 is 22.7 Å². The van der Waals surface area contributed by atoms with Gasteiger partial charge < -0.3 is 18.9 Å². The molecular formula is C26H31N3O5S. The number of benzene rings is 2. The van der Waals surface area contributed by atoms with Crippen molar-refractivity contribution in [2.75, 3.05) is 26.9 Å². The summed E-state index contributed by atoms with van der Waals surface area (Å²) in [6, 6.07) is 18.1. The highest BCUT2D eigenvalue weighted by Gasteiger charge is 2.28. The van der Waals surface area contributed by atoms with Crippen LogP contribution < -0.4 is 0 Å². The summed E-state index contributed by atoms with van der Waals surface area (Å²) in [5.74, 6) is -0.283. The van der Waals surface area contributed by atoms with Gasteiger partial charge in [0.25, 0.3) is 5.91 Å². The van der Waals surface area contributed by atoms with Crippen molar-refractivity contribution in [1.29, 1.82) is 0 Å². The molecule has 2 heterocycles. The van der Waals surface area contributed by atoms with Crippen LogP contribution in [0.3, 0.4) is 0 Å². The van der Waals surface area contributed by atoms with Gasteiger partial charge in [-0.05, 0) is 30.5 Å². The molecule has 0 N–H and O–H groups in total. The van der Waals surface area contributed by atoms with Crippen LogP contribution in [-0.2, 0) is 38.2 Å². The Balaban J connectivity index is 1.64. The van der Waals surface area contributed by atoms with E-state index in [1.807, 2.05) is 36.4 Å². The maximum Gasteiger partial charge on any atom is 0.254 e. The molecule has 1 saturated heterocycles. The Morgan fingerprint density at radius 3 is 2.51 bits per heavy atom. The lowest BCUT2D eigenvalue weighted by molar-refractivity contribution is 0.0500. The van der Waals surface area contributed by atoms with E-state index in [0.717, 1.165) is 12.8 Å². The molecule has 1 amide bonds. The Kier molecular flexibility index (Phi) is 8.33. The lowest BCUT2D eigenvalue weighted by Gasteiger charge is -2.26. The highest BCUT2D eigenvalue weighted by molar-refractivity contribution is 7.90. The van der Waals surface area contributed by atoms with Gasteiger partial charge in [-0.2, -0.15) is 0 Å². The number of nitrogens with zero attached hydrogens (tertiary/aromatic N) is 3. The van der Waals surface area contributed by atoms with Crippen LogP contribution in [0.15, 0.2) is 72.0 Å². The van der Waals surface area contributed by atoms with Crippen LogP contribution in [0, 0.1) is 0 Å². The summed E-state index contributed by atoms with van der Waals surface area (Å²) in [7, 11) is -2.15. The largest absolute Gasteiger partial charge is 0.383 e. The highest BCUT2D eigenvalue weighted by atomic mass is 32.2. The van der Waals surface area contributed by atoms with Crippen LogP contribution in [0.4, 0.5) is 0 Å². The molecule has 4 rings (SSSR count). The number of aromatic nitrogens is 2. The van der Waals surface area contributed by atoms with Gasteiger partial charge in [0, 0.05) is 32.4 Å². The van der Waals surface area contributed by atoms with Crippen LogP contribution >= 0.6 is 0 Å². The topological polar surface area (TPSA) is 90.7 Å².